The lowest BCUT2D eigenvalue weighted by Crippen LogP contribution is -2.32. The predicted molar refractivity (Wildman–Crippen MR) is 91.3 cm³/mol. The van der Waals surface area contributed by atoms with E-state index in [0.29, 0.717) is 23.4 Å². The molecule has 5 nitrogen and oxygen atoms in total. The van der Waals surface area contributed by atoms with E-state index in [2.05, 4.69) is 15.4 Å². The minimum Gasteiger partial charge on any atom is -0.495 e. The molecular formula is C18H20F2N2O3. The van der Waals surface area contributed by atoms with Gasteiger partial charge in [-0.15, -0.1) is 0 Å². The van der Waals surface area contributed by atoms with Crippen molar-refractivity contribution in [3.8, 4) is 11.5 Å². The summed E-state index contributed by atoms with van der Waals surface area (Å²) < 4.78 is 34.8. The molecule has 2 aromatic rings. The molecule has 0 heterocycles. The third-order valence-electron chi connectivity index (χ3n) is 3.58. The lowest BCUT2D eigenvalue weighted by molar-refractivity contribution is -0.0506. The fraction of sp³-hybridized carbons (Fsp3) is 0.278. The second kappa shape index (κ2) is 8.86. The van der Waals surface area contributed by atoms with Crippen LogP contribution in [0.3, 0.4) is 0 Å². The highest BCUT2D eigenvalue weighted by Gasteiger charge is 2.19. The average molecular weight is 350 g/mol. The number of para-hydroxylation sites is 3. The Morgan fingerprint density at radius 3 is 2.36 bits per heavy atom. The summed E-state index contributed by atoms with van der Waals surface area (Å²) in [5, 5.41) is 5.46. The van der Waals surface area contributed by atoms with Gasteiger partial charge in [0.1, 0.15) is 11.5 Å². The molecule has 0 aromatic heterocycles. The Bertz CT molecular complexity index is 710. The average Bonchev–Trinajstić information content (AvgIpc) is 2.60. The molecule has 1 atom stereocenters. The first-order valence-electron chi connectivity index (χ1n) is 7.79. The summed E-state index contributed by atoms with van der Waals surface area (Å²) in [4.78, 5) is 12.3. The standard InChI is InChI=1S/C18H20F2N2O3/c1-3-13(12-8-4-6-10-15(12)25-17(19)20)21-18(23)22-14-9-5-7-11-16(14)24-2/h4-11,13,17H,3H2,1-2H3,(H2,21,22,23)/t13-/m1/s1. The van der Waals surface area contributed by atoms with E-state index in [4.69, 9.17) is 4.74 Å². The first-order chi connectivity index (χ1) is 12.0. The zero-order chi connectivity index (χ0) is 18.2. The number of rotatable bonds is 7. The molecule has 2 aromatic carbocycles. The molecular weight excluding hydrogens is 330 g/mol. The van der Waals surface area contributed by atoms with Gasteiger partial charge in [-0.25, -0.2) is 4.79 Å². The van der Waals surface area contributed by atoms with Crippen LogP contribution in [0.5, 0.6) is 11.5 Å². The third kappa shape index (κ3) is 5.07. The fourth-order valence-electron chi connectivity index (χ4n) is 2.44. The van der Waals surface area contributed by atoms with E-state index in [1.165, 1.54) is 13.2 Å². The van der Waals surface area contributed by atoms with E-state index in [0.717, 1.165) is 0 Å². The smallest absolute Gasteiger partial charge is 0.387 e. The maximum absolute atomic E-state index is 12.6. The Morgan fingerprint density at radius 1 is 1.08 bits per heavy atom. The predicted octanol–water partition coefficient (Wildman–Crippen LogP) is 4.57. The number of amides is 2. The maximum Gasteiger partial charge on any atom is 0.387 e. The molecule has 134 valence electrons. The summed E-state index contributed by atoms with van der Waals surface area (Å²) in [5.74, 6) is 0.564. The van der Waals surface area contributed by atoms with E-state index in [9.17, 15) is 13.6 Å². The topological polar surface area (TPSA) is 59.6 Å². The number of hydrogen-bond acceptors (Lipinski definition) is 3. The molecule has 0 unspecified atom stereocenters. The summed E-state index contributed by atoms with van der Waals surface area (Å²) in [6.07, 6.45) is 0.503. The van der Waals surface area contributed by atoms with Gasteiger partial charge in [0, 0.05) is 5.56 Å². The molecule has 0 aliphatic heterocycles. The second-order valence-electron chi connectivity index (χ2n) is 5.18. The molecule has 2 N–H and O–H groups in total. The van der Waals surface area contributed by atoms with Crippen molar-refractivity contribution in [2.45, 2.75) is 26.0 Å². The van der Waals surface area contributed by atoms with Gasteiger partial charge in [-0.2, -0.15) is 8.78 Å². The molecule has 0 bridgehead atoms. The summed E-state index contributed by atoms with van der Waals surface area (Å²) in [5.41, 5.74) is 0.995. The van der Waals surface area contributed by atoms with Crippen LogP contribution >= 0.6 is 0 Å². The van der Waals surface area contributed by atoms with Crippen LogP contribution in [0.15, 0.2) is 48.5 Å². The lowest BCUT2D eigenvalue weighted by Gasteiger charge is -2.21. The van der Waals surface area contributed by atoms with Gasteiger partial charge in [-0.1, -0.05) is 37.3 Å². The zero-order valence-corrected chi connectivity index (χ0v) is 14.0. The number of hydrogen-bond donors (Lipinski definition) is 2. The SMILES string of the molecule is CC[C@@H](NC(=O)Nc1ccccc1OC)c1ccccc1OC(F)F. The highest BCUT2D eigenvalue weighted by molar-refractivity contribution is 5.91. The van der Waals surface area contributed by atoms with Crippen molar-refractivity contribution in [3.05, 3.63) is 54.1 Å². The van der Waals surface area contributed by atoms with E-state index in [-0.39, 0.29) is 5.75 Å². The van der Waals surface area contributed by atoms with Gasteiger partial charge in [0.25, 0.3) is 0 Å². The van der Waals surface area contributed by atoms with Gasteiger partial charge in [0.05, 0.1) is 18.8 Å². The first-order valence-corrected chi connectivity index (χ1v) is 7.79. The summed E-state index contributed by atoms with van der Waals surface area (Å²) in [6, 6.07) is 12.4. The van der Waals surface area contributed by atoms with Crippen LogP contribution in [0, 0.1) is 0 Å². The molecule has 0 radical (unpaired) electrons. The highest BCUT2D eigenvalue weighted by atomic mass is 19.3. The Labute approximate surface area is 144 Å². The minimum absolute atomic E-state index is 0.0435. The van der Waals surface area contributed by atoms with Crippen molar-refractivity contribution in [1.29, 1.82) is 0 Å². The number of alkyl halides is 2. The van der Waals surface area contributed by atoms with Gasteiger partial charge in [0.15, 0.2) is 0 Å². The zero-order valence-electron chi connectivity index (χ0n) is 14.0. The van der Waals surface area contributed by atoms with Crippen LogP contribution in [-0.2, 0) is 0 Å². The van der Waals surface area contributed by atoms with Crippen LogP contribution in [0.2, 0.25) is 0 Å². The number of benzene rings is 2. The maximum atomic E-state index is 12.6. The highest BCUT2D eigenvalue weighted by Crippen LogP contribution is 2.29. The minimum atomic E-state index is -2.93. The first kappa shape index (κ1) is 18.5. The molecule has 0 spiro atoms. The van der Waals surface area contributed by atoms with E-state index in [1.807, 2.05) is 6.92 Å². The number of carbonyl (C=O) groups excluding carboxylic acids is 1. The molecule has 7 heteroatoms. The number of halogens is 2. The van der Waals surface area contributed by atoms with Gasteiger partial charge in [-0.05, 0) is 24.6 Å². The normalized spacial score (nSPS) is 11.7. The molecule has 0 saturated heterocycles. The Hall–Kier alpha value is -2.83. The summed E-state index contributed by atoms with van der Waals surface area (Å²) in [6.45, 7) is -1.09. The van der Waals surface area contributed by atoms with E-state index < -0.39 is 18.7 Å². The molecule has 0 saturated carbocycles. The van der Waals surface area contributed by atoms with Crippen LogP contribution in [0.1, 0.15) is 24.9 Å². The monoisotopic (exact) mass is 350 g/mol. The lowest BCUT2D eigenvalue weighted by atomic mass is 10.0. The van der Waals surface area contributed by atoms with E-state index >= 15 is 0 Å². The Morgan fingerprint density at radius 2 is 1.72 bits per heavy atom. The van der Waals surface area contributed by atoms with Crippen LogP contribution in [-0.4, -0.2) is 19.8 Å². The van der Waals surface area contributed by atoms with Crippen molar-refractivity contribution in [1.82, 2.24) is 5.32 Å². The largest absolute Gasteiger partial charge is 0.495 e. The molecule has 0 aliphatic rings. The number of ether oxygens (including phenoxy) is 2. The van der Waals surface area contributed by atoms with Crippen molar-refractivity contribution in [3.63, 3.8) is 0 Å². The van der Waals surface area contributed by atoms with Crippen molar-refractivity contribution >= 4 is 11.7 Å². The molecule has 2 amide bonds. The molecule has 2 rings (SSSR count). The van der Waals surface area contributed by atoms with Gasteiger partial charge in [-0.3, -0.25) is 0 Å². The Kier molecular flexibility index (Phi) is 6.56. The number of carbonyl (C=O) groups is 1. The third-order valence-corrected chi connectivity index (χ3v) is 3.58. The fourth-order valence-corrected chi connectivity index (χ4v) is 2.44. The number of nitrogens with one attached hydrogen (secondary N) is 2. The molecule has 25 heavy (non-hydrogen) atoms. The van der Waals surface area contributed by atoms with Crippen LogP contribution in [0.25, 0.3) is 0 Å². The van der Waals surface area contributed by atoms with Gasteiger partial charge >= 0.3 is 12.6 Å². The summed E-state index contributed by atoms with van der Waals surface area (Å²) in [7, 11) is 1.51. The molecule has 0 fully saturated rings. The van der Waals surface area contributed by atoms with Crippen molar-refractivity contribution < 1.29 is 23.0 Å². The van der Waals surface area contributed by atoms with Gasteiger partial charge < -0.3 is 20.1 Å². The quantitative estimate of drug-likeness (QED) is 0.769. The van der Waals surface area contributed by atoms with Crippen LogP contribution < -0.4 is 20.1 Å². The number of urea groups is 1. The second-order valence-corrected chi connectivity index (χ2v) is 5.18. The van der Waals surface area contributed by atoms with Crippen LogP contribution in [0.4, 0.5) is 19.3 Å². The molecule has 0 aliphatic carbocycles. The number of anilines is 1. The Balaban J connectivity index is 2.13. The number of methoxy groups -OCH3 is 1. The van der Waals surface area contributed by atoms with Crippen molar-refractivity contribution in [2.24, 2.45) is 0 Å². The van der Waals surface area contributed by atoms with Crippen molar-refractivity contribution in [2.75, 3.05) is 12.4 Å². The van der Waals surface area contributed by atoms with E-state index in [1.54, 1.807) is 42.5 Å². The van der Waals surface area contributed by atoms with Gasteiger partial charge in [0.2, 0.25) is 0 Å². The summed E-state index contributed by atoms with van der Waals surface area (Å²) >= 11 is 0.